The third-order valence-electron chi connectivity index (χ3n) is 4.44. The van der Waals surface area contributed by atoms with Crippen LogP contribution in [0.25, 0.3) is 0 Å². The fourth-order valence-electron chi connectivity index (χ4n) is 2.90. The lowest BCUT2D eigenvalue weighted by molar-refractivity contribution is -0.118. The zero-order chi connectivity index (χ0) is 20.5. The number of nitrogens with zero attached hydrogens (tertiary/aromatic N) is 1. The smallest absolute Gasteiger partial charge is 0.262 e. The molecule has 2 amide bonds. The number of ether oxygens (including phenoxy) is 2. The van der Waals surface area contributed by atoms with Crippen molar-refractivity contribution in [3.63, 3.8) is 0 Å². The number of carbonyl (C=O) groups is 2. The molecule has 2 aromatic carbocycles. The van der Waals surface area contributed by atoms with Crippen LogP contribution in [-0.2, 0) is 9.53 Å². The molecule has 1 heterocycles. The van der Waals surface area contributed by atoms with Crippen LogP contribution in [0.3, 0.4) is 0 Å². The van der Waals surface area contributed by atoms with E-state index in [-0.39, 0.29) is 18.4 Å². The molecule has 3 rings (SSSR count). The van der Waals surface area contributed by atoms with Gasteiger partial charge in [0.05, 0.1) is 18.8 Å². The second-order valence-electron chi connectivity index (χ2n) is 6.55. The van der Waals surface area contributed by atoms with Gasteiger partial charge < -0.3 is 20.1 Å². The molecule has 0 spiro atoms. The maximum absolute atomic E-state index is 12.5. The Morgan fingerprint density at radius 3 is 2.55 bits per heavy atom. The number of hydrogen-bond acceptors (Lipinski definition) is 5. The van der Waals surface area contributed by atoms with Crippen molar-refractivity contribution in [3.8, 4) is 5.75 Å². The van der Waals surface area contributed by atoms with Crippen LogP contribution in [0.2, 0.25) is 0 Å². The van der Waals surface area contributed by atoms with Crippen molar-refractivity contribution in [2.45, 2.75) is 0 Å². The van der Waals surface area contributed by atoms with E-state index < -0.39 is 0 Å². The Balaban J connectivity index is 1.49. The van der Waals surface area contributed by atoms with Crippen LogP contribution in [0.4, 0.5) is 5.69 Å². The van der Waals surface area contributed by atoms with Crippen LogP contribution < -0.4 is 15.4 Å². The third-order valence-corrected chi connectivity index (χ3v) is 4.96. The fraction of sp³-hybridized carbons (Fsp3) is 0.333. The van der Waals surface area contributed by atoms with Gasteiger partial charge in [0.1, 0.15) is 5.75 Å². The van der Waals surface area contributed by atoms with Gasteiger partial charge in [0.25, 0.3) is 11.8 Å². The summed E-state index contributed by atoms with van der Waals surface area (Å²) in [4.78, 5) is 26.9. The Kier molecular flexibility index (Phi) is 8.03. The van der Waals surface area contributed by atoms with E-state index in [9.17, 15) is 9.59 Å². The highest BCUT2D eigenvalue weighted by Gasteiger charge is 2.15. The molecule has 1 aliphatic rings. The standard InChI is InChI=1S/C21H24BrN3O4/c22-16-5-7-17(8-6-16)24-20(26)15-29-19-4-2-1-3-18(19)21(27)23-9-10-25-11-13-28-14-12-25/h1-8H,9-15H2,(H,23,27)(H,24,26). The van der Waals surface area contributed by atoms with Crippen LogP contribution in [0.5, 0.6) is 5.75 Å². The summed E-state index contributed by atoms with van der Waals surface area (Å²) in [6.07, 6.45) is 0. The quantitative estimate of drug-likeness (QED) is 0.631. The number of morpholine rings is 1. The van der Waals surface area contributed by atoms with E-state index in [1.54, 1.807) is 36.4 Å². The second-order valence-corrected chi connectivity index (χ2v) is 7.47. The maximum Gasteiger partial charge on any atom is 0.262 e. The number of hydrogen-bond donors (Lipinski definition) is 2. The number of para-hydroxylation sites is 1. The van der Waals surface area contributed by atoms with Gasteiger partial charge in [-0.05, 0) is 36.4 Å². The molecule has 0 aliphatic carbocycles. The summed E-state index contributed by atoms with van der Waals surface area (Å²) in [5, 5.41) is 5.67. The lowest BCUT2D eigenvalue weighted by Crippen LogP contribution is -2.41. The number of halogens is 1. The van der Waals surface area contributed by atoms with Crippen molar-refractivity contribution < 1.29 is 19.1 Å². The first kappa shape index (κ1) is 21.3. The number of amides is 2. The van der Waals surface area contributed by atoms with Crippen LogP contribution >= 0.6 is 15.9 Å². The molecule has 0 atom stereocenters. The van der Waals surface area contributed by atoms with E-state index in [4.69, 9.17) is 9.47 Å². The lowest BCUT2D eigenvalue weighted by Gasteiger charge is -2.26. The van der Waals surface area contributed by atoms with Gasteiger partial charge in [-0.25, -0.2) is 0 Å². The molecule has 0 unspecified atom stereocenters. The normalized spacial score (nSPS) is 14.2. The lowest BCUT2D eigenvalue weighted by atomic mass is 10.2. The summed E-state index contributed by atoms with van der Waals surface area (Å²) >= 11 is 3.35. The first-order valence-electron chi connectivity index (χ1n) is 9.47. The topological polar surface area (TPSA) is 79.9 Å². The Morgan fingerprint density at radius 1 is 1.07 bits per heavy atom. The van der Waals surface area contributed by atoms with Gasteiger partial charge in [-0.2, -0.15) is 0 Å². The predicted molar refractivity (Wildman–Crippen MR) is 114 cm³/mol. The van der Waals surface area contributed by atoms with E-state index in [2.05, 4.69) is 31.5 Å². The number of anilines is 1. The van der Waals surface area contributed by atoms with Crippen molar-refractivity contribution in [2.75, 3.05) is 51.3 Å². The van der Waals surface area contributed by atoms with Gasteiger partial charge in [-0.15, -0.1) is 0 Å². The van der Waals surface area contributed by atoms with Crippen molar-refractivity contribution in [1.29, 1.82) is 0 Å². The molecule has 1 aliphatic heterocycles. The maximum atomic E-state index is 12.5. The average Bonchev–Trinajstić information content (AvgIpc) is 2.75. The molecule has 0 saturated carbocycles. The summed E-state index contributed by atoms with van der Waals surface area (Å²) in [6.45, 7) is 4.34. The minimum Gasteiger partial charge on any atom is -0.483 e. The Bertz CT molecular complexity index is 823. The zero-order valence-corrected chi connectivity index (χ0v) is 17.6. The second kappa shape index (κ2) is 10.9. The molecule has 0 aromatic heterocycles. The summed E-state index contributed by atoms with van der Waals surface area (Å²) in [5.41, 5.74) is 1.09. The predicted octanol–water partition coefficient (Wildman–Crippen LogP) is 2.53. The van der Waals surface area contributed by atoms with Gasteiger partial charge >= 0.3 is 0 Å². The summed E-state index contributed by atoms with van der Waals surface area (Å²) in [5.74, 6) is -0.139. The molecule has 0 radical (unpaired) electrons. The molecule has 1 fully saturated rings. The SMILES string of the molecule is O=C(COc1ccccc1C(=O)NCCN1CCOCC1)Nc1ccc(Br)cc1. The molecule has 0 bridgehead atoms. The van der Waals surface area contributed by atoms with E-state index in [1.165, 1.54) is 0 Å². The summed E-state index contributed by atoms with van der Waals surface area (Å²) in [6, 6.07) is 14.2. The monoisotopic (exact) mass is 461 g/mol. The Labute approximate surface area is 178 Å². The number of nitrogens with one attached hydrogen (secondary N) is 2. The van der Waals surface area contributed by atoms with Gasteiger partial charge in [0.2, 0.25) is 0 Å². The molecule has 29 heavy (non-hydrogen) atoms. The van der Waals surface area contributed by atoms with Crippen LogP contribution in [0, 0.1) is 0 Å². The summed E-state index contributed by atoms with van der Waals surface area (Å²) < 4.78 is 11.9. The number of carbonyl (C=O) groups excluding carboxylic acids is 2. The highest BCUT2D eigenvalue weighted by molar-refractivity contribution is 9.10. The van der Waals surface area contributed by atoms with Crippen LogP contribution in [-0.4, -0.2) is 62.7 Å². The van der Waals surface area contributed by atoms with Gasteiger partial charge in [-0.3, -0.25) is 14.5 Å². The van der Waals surface area contributed by atoms with Crippen molar-refractivity contribution in [2.24, 2.45) is 0 Å². The third kappa shape index (κ3) is 6.85. The fourth-order valence-corrected chi connectivity index (χ4v) is 3.17. The Hall–Kier alpha value is -2.42. The first-order valence-corrected chi connectivity index (χ1v) is 10.3. The van der Waals surface area contributed by atoms with Crippen molar-refractivity contribution >= 4 is 33.4 Å². The zero-order valence-electron chi connectivity index (χ0n) is 16.0. The molecule has 8 heteroatoms. The van der Waals surface area contributed by atoms with Crippen molar-refractivity contribution in [1.82, 2.24) is 10.2 Å². The summed E-state index contributed by atoms with van der Waals surface area (Å²) in [7, 11) is 0. The highest BCUT2D eigenvalue weighted by Crippen LogP contribution is 2.18. The molecular weight excluding hydrogens is 438 g/mol. The van der Waals surface area contributed by atoms with Crippen LogP contribution in [0.1, 0.15) is 10.4 Å². The molecule has 2 aromatic rings. The largest absolute Gasteiger partial charge is 0.483 e. The van der Waals surface area contributed by atoms with E-state index in [1.807, 2.05) is 12.1 Å². The Morgan fingerprint density at radius 2 is 1.79 bits per heavy atom. The van der Waals surface area contributed by atoms with Crippen molar-refractivity contribution in [3.05, 3.63) is 58.6 Å². The van der Waals surface area contributed by atoms with E-state index >= 15 is 0 Å². The number of rotatable bonds is 8. The van der Waals surface area contributed by atoms with Crippen LogP contribution in [0.15, 0.2) is 53.0 Å². The van der Waals surface area contributed by atoms with Gasteiger partial charge in [-0.1, -0.05) is 28.1 Å². The highest BCUT2D eigenvalue weighted by atomic mass is 79.9. The molecule has 154 valence electrons. The van der Waals surface area contributed by atoms with E-state index in [0.29, 0.717) is 23.5 Å². The average molecular weight is 462 g/mol. The van der Waals surface area contributed by atoms with E-state index in [0.717, 1.165) is 37.3 Å². The van der Waals surface area contributed by atoms with Gasteiger partial charge in [0.15, 0.2) is 6.61 Å². The first-order chi connectivity index (χ1) is 14.1. The minimum absolute atomic E-state index is 0.186. The van der Waals surface area contributed by atoms with Gasteiger partial charge in [0, 0.05) is 36.3 Å². The molecule has 7 nitrogen and oxygen atoms in total. The molecular formula is C21H24BrN3O4. The molecule has 1 saturated heterocycles. The number of benzene rings is 2. The molecule has 2 N–H and O–H groups in total. The minimum atomic E-state index is -0.296.